The van der Waals surface area contributed by atoms with Gasteiger partial charge in [-0.05, 0) is 18.6 Å². The minimum absolute atomic E-state index is 0.157. The lowest BCUT2D eigenvalue weighted by Crippen LogP contribution is -2.35. The molecular weight excluding hydrogens is 283 g/mol. The molecule has 116 valence electrons. The Hall–Kier alpha value is -2.21. The summed E-state index contributed by atoms with van der Waals surface area (Å²) < 4.78 is 13.8. The second-order valence-electron chi connectivity index (χ2n) is 5.48. The van der Waals surface area contributed by atoms with E-state index in [4.69, 9.17) is 0 Å². The quantitative estimate of drug-likeness (QED) is 0.942. The standard InChI is InChI=1S/C16H19FN4O/c17-15-5-2-1-4-14(15)16(22)21-7-3-6-20(8-9-21)11-13-10-18-12-19-13/h1-2,4-5,10,12H,3,6-9,11H2,(H,18,19). The highest BCUT2D eigenvalue weighted by atomic mass is 19.1. The Balaban J connectivity index is 1.62. The number of carbonyl (C=O) groups excluding carboxylic acids is 1. The summed E-state index contributed by atoms with van der Waals surface area (Å²) in [5, 5.41) is 0. The molecule has 0 atom stereocenters. The van der Waals surface area contributed by atoms with E-state index in [-0.39, 0.29) is 11.5 Å². The van der Waals surface area contributed by atoms with Crippen LogP contribution in [0.25, 0.3) is 0 Å². The fourth-order valence-electron chi connectivity index (χ4n) is 2.75. The number of carbonyl (C=O) groups is 1. The molecule has 1 aliphatic heterocycles. The summed E-state index contributed by atoms with van der Waals surface area (Å²) >= 11 is 0. The number of nitrogens with zero attached hydrogens (tertiary/aromatic N) is 3. The van der Waals surface area contributed by atoms with E-state index in [2.05, 4.69) is 14.9 Å². The van der Waals surface area contributed by atoms with Crippen LogP contribution >= 0.6 is 0 Å². The minimum Gasteiger partial charge on any atom is -0.347 e. The van der Waals surface area contributed by atoms with E-state index in [1.165, 1.54) is 6.07 Å². The van der Waals surface area contributed by atoms with Crippen molar-refractivity contribution in [3.63, 3.8) is 0 Å². The topological polar surface area (TPSA) is 52.2 Å². The number of H-pyrrole nitrogens is 1. The van der Waals surface area contributed by atoms with Crippen LogP contribution in [0.2, 0.25) is 0 Å². The maximum atomic E-state index is 13.8. The van der Waals surface area contributed by atoms with Gasteiger partial charge < -0.3 is 9.88 Å². The molecule has 0 unspecified atom stereocenters. The second-order valence-corrected chi connectivity index (χ2v) is 5.48. The maximum Gasteiger partial charge on any atom is 0.256 e. The Kier molecular flexibility index (Phi) is 4.48. The molecule has 2 aromatic rings. The molecule has 6 heteroatoms. The third-order valence-corrected chi connectivity index (χ3v) is 3.93. The van der Waals surface area contributed by atoms with Crippen LogP contribution in [0, 0.1) is 5.82 Å². The van der Waals surface area contributed by atoms with E-state index in [1.807, 2.05) is 6.20 Å². The van der Waals surface area contributed by atoms with Crippen LogP contribution in [0.5, 0.6) is 0 Å². The normalized spacial score (nSPS) is 16.5. The van der Waals surface area contributed by atoms with Crippen LogP contribution in [-0.4, -0.2) is 51.9 Å². The zero-order valence-corrected chi connectivity index (χ0v) is 12.3. The van der Waals surface area contributed by atoms with Crippen molar-refractivity contribution in [1.82, 2.24) is 19.8 Å². The zero-order chi connectivity index (χ0) is 15.4. The number of halogens is 1. The summed E-state index contributed by atoms with van der Waals surface area (Å²) in [7, 11) is 0. The van der Waals surface area contributed by atoms with Gasteiger partial charge in [0.2, 0.25) is 0 Å². The number of amides is 1. The van der Waals surface area contributed by atoms with Crippen molar-refractivity contribution in [3.05, 3.63) is 53.9 Å². The molecule has 1 fully saturated rings. The summed E-state index contributed by atoms with van der Waals surface area (Å²) in [6.45, 7) is 3.76. The Morgan fingerprint density at radius 2 is 2.09 bits per heavy atom. The number of nitrogens with one attached hydrogen (secondary N) is 1. The fourth-order valence-corrected chi connectivity index (χ4v) is 2.75. The highest BCUT2D eigenvalue weighted by Gasteiger charge is 2.22. The maximum absolute atomic E-state index is 13.8. The molecular formula is C16H19FN4O. The van der Waals surface area contributed by atoms with Crippen molar-refractivity contribution in [2.45, 2.75) is 13.0 Å². The molecule has 1 aliphatic rings. The van der Waals surface area contributed by atoms with Gasteiger partial charge in [-0.2, -0.15) is 0 Å². The predicted octanol–water partition coefficient (Wildman–Crippen LogP) is 1.90. The van der Waals surface area contributed by atoms with Gasteiger partial charge in [0, 0.05) is 44.6 Å². The molecule has 1 saturated heterocycles. The highest BCUT2D eigenvalue weighted by molar-refractivity contribution is 5.94. The largest absolute Gasteiger partial charge is 0.347 e. The van der Waals surface area contributed by atoms with Crippen molar-refractivity contribution >= 4 is 5.91 Å². The first-order chi connectivity index (χ1) is 10.7. The van der Waals surface area contributed by atoms with Gasteiger partial charge in [0.1, 0.15) is 5.82 Å². The van der Waals surface area contributed by atoms with Crippen molar-refractivity contribution in [3.8, 4) is 0 Å². The molecule has 3 rings (SSSR count). The Bertz CT molecular complexity index is 629. The van der Waals surface area contributed by atoms with Crippen molar-refractivity contribution < 1.29 is 9.18 Å². The van der Waals surface area contributed by atoms with Crippen LogP contribution in [0.3, 0.4) is 0 Å². The SMILES string of the molecule is O=C(c1ccccc1F)N1CCCN(Cc2cnc[nH]2)CC1. The number of rotatable bonds is 3. The predicted molar refractivity (Wildman–Crippen MR) is 80.8 cm³/mol. The summed E-state index contributed by atoms with van der Waals surface area (Å²) in [6.07, 6.45) is 4.36. The monoisotopic (exact) mass is 302 g/mol. The Morgan fingerprint density at radius 3 is 2.86 bits per heavy atom. The number of benzene rings is 1. The molecule has 0 bridgehead atoms. The first-order valence-corrected chi connectivity index (χ1v) is 7.47. The van der Waals surface area contributed by atoms with E-state index in [9.17, 15) is 9.18 Å². The van der Waals surface area contributed by atoms with Crippen LogP contribution in [0.4, 0.5) is 4.39 Å². The van der Waals surface area contributed by atoms with E-state index < -0.39 is 5.82 Å². The Labute approximate surface area is 128 Å². The van der Waals surface area contributed by atoms with Gasteiger partial charge in [-0.1, -0.05) is 12.1 Å². The van der Waals surface area contributed by atoms with Gasteiger partial charge in [0.25, 0.3) is 5.91 Å². The van der Waals surface area contributed by atoms with Crippen LogP contribution in [0.1, 0.15) is 22.5 Å². The molecule has 22 heavy (non-hydrogen) atoms. The molecule has 0 aliphatic carbocycles. The molecule has 2 heterocycles. The molecule has 1 N–H and O–H groups in total. The number of aromatic nitrogens is 2. The molecule has 0 saturated carbocycles. The molecule has 5 nitrogen and oxygen atoms in total. The van der Waals surface area contributed by atoms with Crippen LogP contribution < -0.4 is 0 Å². The molecule has 0 spiro atoms. The van der Waals surface area contributed by atoms with Crippen molar-refractivity contribution in [2.75, 3.05) is 26.2 Å². The highest BCUT2D eigenvalue weighted by Crippen LogP contribution is 2.13. The number of aromatic amines is 1. The first kappa shape index (κ1) is 14.7. The lowest BCUT2D eigenvalue weighted by atomic mass is 10.2. The van der Waals surface area contributed by atoms with Gasteiger partial charge in [0.05, 0.1) is 11.9 Å². The van der Waals surface area contributed by atoms with Gasteiger partial charge in [-0.15, -0.1) is 0 Å². The van der Waals surface area contributed by atoms with E-state index in [1.54, 1.807) is 29.4 Å². The number of hydrogen-bond donors (Lipinski definition) is 1. The zero-order valence-electron chi connectivity index (χ0n) is 12.3. The fraction of sp³-hybridized carbons (Fsp3) is 0.375. The summed E-state index contributed by atoms with van der Waals surface area (Å²) in [6, 6.07) is 6.17. The van der Waals surface area contributed by atoms with Crippen LogP contribution in [0.15, 0.2) is 36.8 Å². The third kappa shape index (κ3) is 3.33. The van der Waals surface area contributed by atoms with Gasteiger partial charge in [0.15, 0.2) is 0 Å². The van der Waals surface area contributed by atoms with Crippen molar-refractivity contribution in [1.29, 1.82) is 0 Å². The Morgan fingerprint density at radius 1 is 1.23 bits per heavy atom. The molecule has 1 amide bonds. The molecule has 0 radical (unpaired) electrons. The van der Waals surface area contributed by atoms with Gasteiger partial charge in [-0.25, -0.2) is 9.37 Å². The van der Waals surface area contributed by atoms with E-state index >= 15 is 0 Å². The summed E-state index contributed by atoms with van der Waals surface area (Å²) in [5.41, 5.74) is 1.22. The van der Waals surface area contributed by atoms with E-state index in [0.29, 0.717) is 13.1 Å². The smallest absolute Gasteiger partial charge is 0.256 e. The van der Waals surface area contributed by atoms with E-state index in [0.717, 1.165) is 31.7 Å². The lowest BCUT2D eigenvalue weighted by molar-refractivity contribution is 0.0756. The lowest BCUT2D eigenvalue weighted by Gasteiger charge is -2.22. The minimum atomic E-state index is -0.453. The average Bonchev–Trinajstić information content (AvgIpc) is 2.92. The van der Waals surface area contributed by atoms with Gasteiger partial charge >= 0.3 is 0 Å². The average molecular weight is 302 g/mol. The van der Waals surface area contributed by atoms with Crippen molar-refractivity contribution in [2.24, 2.45) is 0 Å². The third-order valence-electron chi connectivity index (χ3n) is 3.93. The number of hydrogen-bond acceptors (Lipinski definition) is 3. The van der Waals surface area contributed by atoms with Crippen LogP contribution in [-0.2, 0) is 6.54 Å². The summed E-state index contributed by atoms with van der Waals surface area (Å²) in [5.74, 6) is -0.674. The second kappa shape index (κ2) is 6.70. The number of imidazole rings is 1. The summed E-state index contributed by atoms with van der Waals surface area (Å²) in [4.78, 5) is 23.6. The molecule has 1 aromatic heterocycles. The first-order valence-electron chi connectivity index (χ1n) is 7.47. The van der Waals surface area contributed by atoms with Gasteiger partial charge in [-0.3, -0.25) is 9.69 Å². The molecule has 1 aromatic carbocycles.